The van der Waals surface area contributed by atoms with Crippen LogP contribution in [0.25, 0.3) is 10.2 Å². The number of thiazole rings is 1. The monoisotopic (exact) mass is 486 g/mol. The van der Waals surface area contributed by atoms with Gasteiger partial charge >= 0.3 is 5.97 Å². The van der Waals surface area contributed by atoms with Crippen molar-refractivity contribution < 1.29 is 27.5 Å². The van der Waals surface area contributed by atoms with Gasteiger partial charge in [0.25, 0.3) is 0 Å². The predicted octanol–water partition coefficient (Wildman–Crippen LogP) is 2.81. The lowest BCUT2D eigenvalue weighted by Gasteiger charge is -2.05. The molecule has 0 spiro atoms. The van der Waals surface area contributed by atoms with Gasteiger partial charge < -0.3 is 14.0 Å². The standard InChI is InChI=1S/C23H22N2O6S2/c1-4-13-25-19-12-7-16(22(27)31-3)15-20(19)32-23(25)24-21(26)6-5-14-33(28,29)18-10-8-17(30-2)9-11-18/h1,7-12,15H,5-6,13-14H2,2-3H3. The number of esters is 1. The molecule has 3 aromatic rings. The summed E-state index contributed by atoms with van der Waals surface area (Å²) in [6, 6.07) is 11.1. The van der Waals surface area contributed by atoms with E-state index in [4.69, 9.17) is 15.9 Å². The van der Waals surface area contributed by atoms with Crippen LogP contribution in [0.15, 0.2) is 52.4 Å². The average molecular weight is 487 g/mol. The van der Waals surface area contributed by atoms with E-state index in [-0.39, 0.29) is 30.0 Å². The molecular formula is C23H22N2O6S2. The summed E-state index contributed by atoms with van der Waals surface area (Å²) in [5.74, 6) is 1.99. The molecule has 8 nitrogen and oxygen atoms in total. The number of benzene rings is 2. The molecule has 2 aromatic carbocycles. The predicted molar refractivity (Wildman–Crippen MR) is 125 cm³/mol. The van der Waals surface area contributed by atoms with Crippen LogP contribution in [0.2, 0.25) is 0 Å². The van der Waals surface area contributed by atoms with E-state index < -0.39 is 21.7 Å². The van der Waals surface area contributed by atoms with Gasteiger partial charge in [-0.3, -0.25) is 4.79 Å². The highest BCUT2D eigenvalue weighted by Gasteiger charge is 2.16. The molecule has 1 amide bonds. The first-order valence-corrected chi connectivity index (χ1v) is 12.4. The summed E-state index contributed by atoms with van der Waals surface area (Å²) in [4.78, 5) is 29.0. The SMILES string of the molecule is C#CCn1c(=NC(=O)CCCS(=O)(=O)c2ccc(OC)cc2)sc2cc(C(=O)OC)ccc21. The van der Waals surface area contributed by atoms with Gasteiger partial charge in [0.05, 0.1) is 47.2 Å². The summed E-state index contributed by atoms with van der Waals surface area (Å²) in [5.41, 5.74) is 1.11. The van der Waals surface area contributed by atoms with Crippen molar-refractivity contribution in [2.45, 2.75) is 24.3 Å². The van der Waals surface area contributed by atoms with Crippen molar-refractivity contribution in [1.29, 1.82) is 0 Å². The Hall–Kier alpha value is -3.42. The van der Waals surface area contributed by atoms with Crippen molar-refractivity contribution in [1.82, 2.24) is 4.57 Å². The van der Waals surface area contributed by atoms with Gasteiger partial charge in [-0.25, -0.2) is 13.2 Å². The summed E-state index contributed by atoms with van der Waals surface area (Å²) in [6.45, 7) is 0.190. The molecule has 1 heterocycles. The number of ether oxygens (including phenoxy) is 2. The van der Waals surface area contributed by atoms with Crippen molar-refractivity contribution >= 4 is 43.3 Å². The third-order valence-corrected chi connectivity index (χ3v) is 7.65. The van der Waals surface area contributed by atoms with E-state index >= 15 is 0 Å². The fourth-order valence-corrected chi connectivity index (χ4v) is 5.52. The molecule has 172 valence electrons. The second-order valence-electron chi connectivity index (χ2n) is 6.95. The van der Waals surface area contributed by atoms with Gasteiger partial charge in [0.15, 0.2) is 14.6 Å². The first kappa shape index (κ1) is 24.2. The first-order chi connectivity index (χ1) is 15.8. The average Bonchev–Trinajstić information content (AvgIpc) is 3.14. The number of hydrogen-bond donors (Lipinski definition) is 0. The molecule has 33 heavy (non-hydrogen) atoms. The Morgan fingerprint density at radius 2 is 1.88 bits per heavy atom. The molecule has 0 saturated heterocycles. The summed E-state index contributed by atoms with van der Waals surface area (Å²) >= 11 is 1.22. The van der Waals surface area contributed by atoms with Gasteiger partial charge in [0.1, 0.15) is 5.75 Å². The van der Waals surface area contributed by atoms with Crippen molar-refractivity contribution in [3.8, 4) is 18.1 Å². The number of nitrogens with zero attached hydrogens (tertiary/aromatic N) is 2. The van der Waals surface area contributed by atoms with Crippen LogP contribution in [0, 0.1) is 12.3 Å². The molecule has 0 aliphatic heterocycles. The Morgan fingerprint density at radius 3 is 2.52 bits per heavy atom. The molecule has 10 heteroatoms. The van der Waals surface area contributed by atoms with Crippen molar-refractivity contribution in [3.63, 3.8) is 0 Å². The lowest BCUT2D eigenvalue weighted by atomic mass is 10.2. The van der Waals surface area contributed by atoms with E-state index in [9.17, 15) is 18.0 Å². The van der Waals surface area contributed by atoms with Crippen LogP contribution in [0.4, 0.5) is 0 Å². The van der Waals surface area contributed by atoms with Crippen LogP contribution in [0.3, 0.4) is 0 Å². The molecule has 0 aliphatic carbocycles. The van der Waals surface area contributed by atoms with Gasteiger partial charge in [-0.2, -0.15) is 4.99 Å². The molecule has 0 fully saturated rings. The largest absolute Gasteiger partial charge is 0.497 e. The third kappa shape index (κ3) is 5.69. The zero-order valence-electron chi connectivity index (χ0n) is 18.1. The fourth-order valence-electron chi connectivity index (χ4n) is 3.12. The number of hydrogen-bond acceptors (Lipinski definition) is 7. The Labute approximate surface area is 195 Å². The van der Waals surface area contributed by atoms with Gasteiger partial charge in [0, 0.05) is 6.42 Å². The van der Waals surface area contributed by atoms with Gasteiger partial charge in [-0.05, 0) is 48.9 Å². The smallest absolute Gasteiger partial charge is 0.337 e. The molecule has 0 unspecified atom stereocenters. The lowest BCUT2D eigenvalue weighted by Crippen LogP contribution is -2.17. The van der Waals surface area contributed by atoms with Gasteiger partial charge in [-0.15, -0.1) is 6.42 Å². The minimum absolute atomic E-state index is 0.0346. The van der Waals surface area contributed by atoms with Crippen molar-refractivity contribution in [2.24, 2.45) is 4.99 Å². The van der Waals surface area contributed by atoms with Crippen LogP contribution < -0.4 is 9.54 Å². The molecule has 0 saturated carbocycles. The highest BCUT2D eigenvalue weighted by Crippen LogP contribution is 2.20. The van der Waals surface area contributed by atoms with Crippen LogP contribution >= 0.6 is 11.3 Å². The number of carbonyl (C=O) groups excluding carboxylic acids is 2. The Kier molecular flexibility index (Phi) is 7.68. The van der Waals surface area contributed by atoms with E-state index in [1.54, 1.807) is 34.9 Å². The maximum Gasteiger partial charge on any atom is 0.337 e. The van der Waals surface area contributed by atoms with E-state index in [1.807, 2.05) is 0 Å². The first-order valence-electron chi connectivity index (χ1n) is 9.88. The molecule has 0 N–H and O–H groups in total. The van der Waals surface area contributed by atoms with Crippen molar-refractivity contribution in [3.05, 3.63) is 52.8 Å². The topological polar surface area (TPSA) is 104 Å². The summed E-state index contributed by atoms with van der Waals surface area (Å²) in [7, 11) is -0.729. The third-order valence-electron chi connectivity index (χ3n) is 4.80. The van der Waals surface area contributed by atoms with E-state index in [2.05, 4.69) is 10.9 Å². The van der Waals surface area contributed by atoms with Gasteiger partial charge in [0.2, 0.25) is 5.91 Å². The summed E-state index contributed by atoms with van der Waals surface area (Å²) in [6.07, 6.45) is 5.56. The molecule has 0 aliphatic rings. The zero-order chi connectivity index (χ0) is 24.0. The van der Waals surface area contributed by atoms with E-state index in [0.29, 0.717) is 16.1 Å². The van der Waals surface area contributed by atoms with E-state index in [0.717, 1.165) is 10.2 Å². The molecule has 0 bridgehead atoms. The Bertz CT molecular complexity index is 1390. The zero-order valence-corrected chi connectivity index (χ0v) is 19.7. The number of amides is 1. The highest BCUT2D eigenvalue weighted by atomic mass is 32.2. The summed E-state index contributed by atoms with van der Waals surface area (Å²) < 4.78 is 37.2. The molecular weight excluding hydrogens is 464 g/mol. The van der Waals surface area contributed by atoms with Crippen LogP contribution in [0.5, 0.6) is 5.75 Å². The maximum atomic E-state index is 12.5. The number of fused-ring (bicyclic) bond motifs is 1. The van der Waals surface area contributed by atoms with Gasteiger partial charge in [-0.1, -0.05) is 17.3 Å². The van der Waals surface area contributed by atoms with Crippen molar-refractivity contribution in [2.75, 3.05) is 20.0 Å². The second kappa shape index (κ2) is 10.5. The van der Waals surface area contributed by atoms with Crippen LogP contribution in [0.1, 0.15) is 23.2 Å². The molecule has 1 aromatic heterocycles. The minimum atomic E-state index is -3.53. The minimum Gasteiger partial charge on any atom is -0.497 e. The second-order valence-corrected chi connectivity index (χ2v) is 10.1. The quantitative estimate of drug-likeness (QED) is 0.358. The lowest BCUT2D eigenvalue weighted by molar-refractivity contribution is -0.118. The maximum absolute atomic E-state index is 12.5. The number of sulfone groups is 1. The molecule has 3 rings (SSSR count). The fraction of sp³-hybridized carbons (Fsp3) is 0.261. The molecule has 0 radical (unpaired) electrons. The number of rotatable bonds is 8. The molecule has 0 atom stereocenters. The van der Waals surface area contributed by atoms with Crippen LogP contribution in [-0.2, 0) is 25.9 Å². The Balaban J connectivity index is 1.77. The Morgan fingerprint density at radius 1 is 1.15 bits per heavy atom. The van der Waals surface area contributed by atoms with E-state index in [1.165, 1.54) is 37.7 Å². The van der Waals surface area contributed by atoms with Crippen LogP contribution in [-0.4, -0.2) is 44.8 Å². The normalized spacial score (nSPS) is 11.8. The summed E-state index contributed by atoms with van der Waals surface area (Å²) in [5, 5.41) is 0. The number of aromatic nitrogens is 1. The number of terminal acetylenes is 1. The number of methoxy groups -OCH3 is 2. The highest BCUT2D eigenvalue weighted by molar-refractivity contribution is 7.91. The number of carbonyl (C=O) groups is 2.